The minimum absolute atomic E-state index is 0.294. The summed E-state index contributed by atoms with van der Waals surface area (Å²) >= 11 is 0. The number of nitrogens with zero attached hydrogens (tertiary/aromatic N) is 1. The third-order valence-electron chi connectivity index (χ3n) is 2.55. The van der Waals surface area contributed by atoms with Crippen molar-refractivity contribution in [1.29, 1.82) is 0 Å². The monoisotopic (exact) mass is 199 g/mol. The average Bonchev–Trinajstić information content (AvgIpc) is 2.61. The lowest BCUT2D eigenvalue weighted by Crippen LogP contribution is -2.13. The summed E-state index contributed by atoms with van der Waals surface area (Å²) in [5, 5.41) is 8.61. The van der Waals surface area contributed by atoms with E-state index in [2.05, 4.69) is 18.8 Å². The zero-order chi connectivity index (χ0) is 10.4. The maximum absolute atomic E-state index is 8.61. The molecule has 0 aromatic rings. The van der Waals surface area contributed by atoms with Crippen molar-refractivity contribution in [3.05, 3.63) is 0 Å². The van der Waals surface area contributed by atoms with E-state index in [4.69, 9.17) is 9.84 Å². The molecule has 1 aliphatic rings. The van der Waals surface area contributed by atoms with E-state index in [1.54, 1.807) is 0 Å². The van der Waals surface area contributed by atoms with Crippen LogP contribution in [0.3, 0.4) is 0 Å². The molecule has 1 aliphatic heterocycles. The standard InChI is InChI=1S/C11H21NO2/c1-9(2)10-8-14-11(12-10)6-4-3-5-7-13/h9-10,13H,3-8H2,1-2H3/t10-/m1/s1. The minimum Gasteiger partial charge on any atom is -0.479 e. The molecule has 0 saturated heterocycles. The van der Waals surface area contributed by atoms with Crippen molar-refractivity contribution in [3.8, 4) is 0 Å². The van der Waals surface area contributed by atoms with Crippen LogP contribution in [0, 0.1) is 5.92 Å². The number of aliphatic imine (C=N–C) groups is 1. The lowest BCUT2D eigenvalue weighted by molar-refractivity contribution is 0.277. The van der Waals surface area contributed by atoms with Crippen LogP contribution in [0.25, 0.3) is 0 Å². The molecule has 0 aromatic heterocycles. The van der Waals surface area contributed by atoms with Gasteiger partial charge in [0.05, 0.1) is 6.04 Å². The van der Waals surface area contributed by atoms with E-state index in [1.165, 1.54) is 0 Å². The smallest absolute Gasteiger partial charge is 0.183 e. The molecule has 14 heavy (non-hydrogen) atoms. The molecule has 82 valence electrons. The average molecular weight is 199 g/mol. The summed E-state index contributed by atoms with van der Waals surface area (Å²) in [5.41, 5.74) is 0. The molecule has 0 saturated carbocycles. The van der Waals surface area contributed by atoms with Gasteiger partial charge in [0.2, 0.25) is 0 Å². The van der Waals surface area contributed by atoms with Gasteiger partial charge in [-0.2, -0.15) is 0 Å². The van der Waals surface area contributed by atoms with Crippen molar-refractivity contribution < 1.29 is 9.84 Å². The van der Waals surface area contributed by atoms with E-state index in [-0.39, 0.29) is 0 Å². The highest BCUT2D eigenvalue weighted by Gasteiger charge is 2.20. The van der Waals surface area contributed by atoms with Crippen LogP contribution in [0.15, 0.2) is 4.99 Å². The molecule has 1 N–H and O–H groups in total. The van der Waals surface area contributed by atoms with E-state index in [0.29, 0.717) is 18.6 Å². The van der Waals surface area contributed by atoms with E-state index in [0.717, 1.165) is 38.2 Å². The molecule has 0 radical (unpaired) electrons. The number of aliphatic hydroxyl groups is 1. The van der Waals surface area contributed by atoms with Gasteiger partial charge in [-0.1, -0.05) is 20.3 Å². The second kappa shape index (κ2) is 6.02. The zero-order valence-electron chi connectivity index (χ0n) is 9.20. The highest BCUT2D eigenvalue weighted by molar-refractivity contribution is 5.77. The Hall–Kier alpha value is -0.570. The summed E-state index contributed by atoms with van der Waals surface area (Å²) < 4.78 is 5.49. The Bertz CT molecular complexity index is 190. The molecular weight excluding hydrogens is 178 g/mol. The molecule has 0 fully saturated rings. The fourth-order valence-electron chi connectivity index (χ4n) is 1.48. The zero-order valence-corrected chi connectivity index (χ0v) is 9.20. The summed E-state index contributed by atoms with van der Waals surface area (Å²) in [5.74, 6) is 1.49. The van der Waals surface area contributed by atoms with Gasteiger partial charge in [-0.25, -0.2) is 4.99 Å². The summed E-state index contributed by atoms with van der Waals surface area (Å²) in [7, 11) is 0. The van der Waals surface area contributed by atoms with E-state index < -0.39 is 0 Å². The van der Waals surface area contributed by atoms with E-state index >= 15 is 0 Å². The highest BCUT2D eigenvalue weighted by Crippen LogP contribution is 2.16. The summed E-state index contributed by atoms with van der Waals surface area (Å²) in [4.78, 5) is 4.52. The normalized spacial score (nSPS) is 21.1. The van der Waals surface area contributed by atoms with Crippen LogP contribution in [-0.2, 0) is 4.74 Å². The van der Waals surface area contributed by atoms with Crippen molar-refractivity contribution in [3.63, 3.8) is 0 Å². The summed E-state index contributed by atoms with van der Waals surface area (Å²) in [6.07, 6.45) is 3.96. The Balaban J connectivity index is 2.16. The van der Waals surface area contributed by atoms with Gasteiger partial charge >= 0.3 is 0 Å². The molecule has 1 heterocycles. The van der Waals surface area contributed by atoms with Crippen molar-refractivity contribution in [2.75, 3.05) is 13.2 Å². The summed E-state index contributed by atoms with van der Waals surface area (Å²) in [6, 6.07) is 0.364. The number of rotatable bonds is 6. The Morgan fingerprint density at radius 1 is 1.43 bits per heavy atom. The maximum Gasteiger partial charge on any atom is 0.183 e. The Labute approximate surface area is 86.2 Å². The van der Waals surface area contributed by atoms with Crippen LogP contribution in [0.2, 0.25) is 0 Å². The lowest BCUT2D eigenvalue weighted by atomic mass is 10.1. The number of hydrogen-bond acceptors (Lipinski definition) is 3. The molecule has 0 unspecified atom stereocenters. The van der Waals surface area contributed by atoms with Gasteiger partial charge in [0.15, 0.2) is 5.90 Å². The van der Waals surface area contributed by atoms with Crippen molar-refractivity contribution in [2.24, 2.45) is 10.9 Å². The second-order valence-electron chi connectivity index (χ2n) is 4.18. The number of hydrogen-bond donors (Lipinski definition) is 1. The molecule has 0 aromatic carbocycles. The van der Waals surface area contributed by atoms with E-state index in [1.807, 2.05) is 0 Å². The van der Waals surface area contributed by atoms with Crippen LogP contribution in [-0.4, -0.2) is 30.3 Å². The quantitative estimate of drug-likeness (QED) is 0.665. The predicted octanol–water partition coefficient (Wildman–Crippen LogP) is 1.99. The molecule has 0 aliphatic carbocycles. The third kappa shape index (κ3) is 3.66. The Morgan fingerprint density at radius 3 is 2.79 bits per heavy atom. The topological polar surface area (TPSA) is 41.8 Å². The van der Waals surface area contributed by atoms with Crippen LogP contribution in [0.5, 0.6) is 0 Å². The molecular formula is C11H21NO2. The van der Waals surface area contributed by atoms with Gasteiger partial charge in [-0.05, 0) is 18.8 Å². The van der Waals surface area contributed by atoms with Gasteiger partial charge in [-0.3, -0.25) is 0 Å². The van der Waals surface area contributed by atoms with Gasteiger partial charge in [0.25, 0.3) is 0 Å². The first-order valence-corrected chi connectivity index (χ1v) is 5.54. The first kappa shape index (κ1) is 11.5. The first-order valence-electron chi connectivity index (χ1n) is 5.54. The van der Waals surface area contributed by atoms with Crippen molar-refractivity contribution >= 4 is 5.90 Å². The second-order valence-corrected chi connectivity index (χ2v) is 4.18. The fraction of sp³-hybridized carbons (Fsp3) is 0.909. The van der Waals surface area contributed by atoms with Crippen LogP contribution < -0.4 is 0 Å². The summed E-state index contributed by atoms with van der Waals surface area (Å²) in [6.45, 7) is 5.40. The predicted molar refractivity (Wildman–Crippen MR) is 57.6 cm³/mol. The maximum atomic E-state index is 8.61. The molecule has 1 rings (SSSR count). The van der Waals surface area contributed by atoms with Crippen LogP contribution in [0.4, 0.5) is 0 Å². The van der Waals surface area contributed by atoms with E-state index in [9.17, 15) is 0 Å². The number of ether oxygens (including phenoxy) is 1. The molecule has 0 spiro atoms. The fourth-order valence-corrected chi connectivity index (χ4v) is 1.48. The molecule has 1 atom stereocenters. The third-order valence-corrected chi connectivity index (χ3v) is 2.55. The number of aliphatic hydroxyl groups excluding tert-OH is 1. The van der Waals surface area contributed by atoms with Crippen molar-refractivity contribution in [2.45, 2.75) is 45.6 Å². The van der Waals surface area contributed by atoms with Crippen molar-refractivity contribution in [1.82, 2.24) is 0 Å². The molecule has 0 amide bonds. The highest BCUT2D eigenvalue weighted by atomic mass is 16.5. The van der Waals surface area contributed by atoms with Crippen LogP contribution >= 0.6 is 0 Å². The Kier molecular flexibility index (Phi) is 4.94. The lowest BCUT2D eigenvalue weighted by Gasteiger charge is -2.06. The number of unbranched alkanes of at least 4 members (excludes halogenated alkanes) is 2. The van der Waals surface area contributed by atoms with Gasteiger partial charge < -0.3 is 9.84 Å². The molecule has 3 heteroatoms. The molecule has 3 nitrogen and oxygen atoms in total. The molecule has 0 bridgehead atoms. The van der Waals surface area contributed by atoms with Gasteiger partial charge in [0, 0.05) is 13.0 Å². The van der Waals surface area contributed by atoms with Crippen LogP contribution in [0.1, 0.15) is 39.5 Å². The SMILES string of the molecule is CC(C)[C@H]1COC(CCCCCO)=N1. The van der Waals surface area contributed by atoms with Gasteiger partial charge in [-0.15, -0.1) is 0 Å². The first-order chi connectivity index (χ1) is 6.74. The largest absolute Gasteiger partial charge is 0.479 e. The van der Waals surface area contributed by atoms with Gasteiger partial charge in [0.1, 0.15) is 6.61 Å². The Morgan fingerprint density at radius 2 is 2.21 bits per heavy atom. The minimum atomic E-state index is 0.294.